The fraction of sp³-hybridized carbons (Fsp3) is 0.294. The highest BCUT2D eigenvalue weighted by atomic mass is 19.4. The Kier molecular flexibility index (Phi) is 5.81. The Hall–Kier alpha value is -1.77. The van der Waals surface area contributed by atoms with E-state index in [0.717, 1.165) is 12.1 Å². The molecule has 3 heteroatoms. The monoisotopic (exact) mass is 280 g/mol. The standard InChI is InChI=1S/C10H14.C7H5F3/c1-8(2)10-6-4-9(3)5-7-10;8-7(9,10)6-4-2-1-3-5-6/h4-8H,1-3H3;1-5H. The Morgan fingerprint density at radius 2 is 1.30 bits per heavy atom. The highest BCUT2D eigenvalue weighted by Gasteiger charge is 2.29. The first-order chi connectivity index (χ1) is 9.30. The molecule has 0 aliphatic carbocycles. The molecule has 0 nitrogen and oxygen atoms in total. The van der Waals surface area contributed by atoms with Gasteiger partial charge in [-0.2, -0.15) is 13.2 Å². The van der Waals surface area contributed by atoms with Crippen molar-refractivity contribution in [2.24, 2.45) is 0 Å². The number of hydrogen-bond acceptors (Lipinski definition) is 0. The van der Waals surface area contributed by atoms with Crippen molar-refractivity contribution >= 4 is 0 Å². The summed E-state index contributed by atoms with van der Waals surface area (Å²) < 4.78 is 35.4. The lowest BCUT2D eigenvalue weighted by Gasteiger charge is -2.03. The van der Waals surface area contributed by atoms with Crippen LogP contribution in [0.4, 0.5) is 13.2 Å². The van der Waals surface area contributed by atoms with E-state index in [4.69, 9.17) is 0 Å². The van der Waals surface area contributed by atoms with Crippen LogP contribution in [0.1, 0.15) is 36.5 Å². The summed E-state index contributed by atoms with van der Waals surface area (Å²) in [5.41, 5.74) is 2.16. The Balaban J connectivity index is 0.000000200. The lowest BCUT2D eigenvalue weighted by molar-refractivity contribution is -0.137. The average molecular weight is 280 g/mol. The molecule has 108 valence electrons. The number of aryl methyl sites for hydroxylation is 1. The first kappa shape index (κ1) is 16.3. The van der Waals surface area contributed by atoms with Crippen LogP contribution in [-0.2, 0) is 6.18 Å². The maximum Gasteiger partial charge on any atom is 0.416 e. The number of benzene rings is 2. The van der Waals surface area contributed by atoms with Crippen LogP contribution >= 0.6 is 0 Å². The molecule has 0 heterocycles. The van der Waals surface area contributed by atoms with E-state index in [1.54, 1.807) is 6.07 Å². The van der Waals surface area contributed by atoms with Gasteiger partial charge in [0.15, 0.2) is 0 Å². The van der Waals surface area contributed by atoms with Crippen molar-refractivity contribution in [1.29, 1.82) is 0 Å². The molecule has 0 bridgehead atoms. The van der Waals surface area contributed by atoms with Gasteiger partial charge in [0, 0.05) is 0 Å². The van der Waals surface area contributed by atoms with E-state index in [1.807, 2.05) is 0 Å². The van der Waals surface area contributed by atoms with Gasteiger partial charge in [-0.3, -0.25) is 0 Å². The summed E-state index contributed by atoms with van der Waals surface area (Å²) in [6.45, 7) is 6.54. The van der Waals surface area contributed by atoms with E-state index in [2.05, 4.69) is 45.0 Å². The number of halogens is 3. The normalized spacial score (nSPS) is 10.9. The molecular formula is C17H19F3. The van der Waals surface area contributed by atoms with Gasteiger partial charge in [0.2, 0.25) is 0 Å². The van der Waals surface area contributed by atoms with Crippen LogP contribution in [0, 0.1) is 6.92 Å². The minimum atomic E-state index is -4.21. The molecule has 20 heavy (non-hydrogen) atoms. The van der Waals surface area contributed by atoms with Crippen molar-refractivity contribution in [3.63, 3.8) is 0 Å². The van der Waals surface area contributed by atoms with Gasteiger partial charge >= 0.3 is 6.18 Å². The second-order valence-electron chi connectivity index (χ2n) is 4.93. The maximum atomic E-state index is 11.8. The van der Waals surface area contributed by atoms with E-state index in [9.17, 15) is 13.2 Å². The minimum Gasteiger partial charge on any atom is -0.166 e. The Morgan fingerprint density at radius 1 is 0.800 bits per heavy atom. The van der Waals surface area contributed by atoms with Crippen LogP contribution in [-0.4, -0.2) is 0 Å². The molecule has 2 aromatic carbocycles. The van der Waals surface area contributed by atoms with E-state index in [1.165, 1.54) is 23.3 Å². The molecule has 2 rings (SSSR count). The summed E-state index contributed by atoms with van der Waals surface area (Å²) in [5.74, 6) is 0.653. The van der Waals surface area contributed by atoms with Gasteiger partial charge in [-0.05, 0) is 18.4 Å². The molecule has 0 N–H and O–H groups in total. The smallest absolute Gasteiger partial charge is 0.166 e. The third-order valence-electron chi connectivity index (χ3n) is 2.85. The minimum absolute atomic E-state index is 0.602. The molecule has 0 atom stereocenters. The Bertz CT molecular complexity index is 496. The molecule has 2 aromatic rings. The third-order valence-corrected chi connectivity index (χ3v) is 2.85. The van der Waals surface area contributed by atoms with E-state index in [0.29, 0.717) is 5.92 Å². The average Bonchev–Trinajstić information content (AvgIpc) is 2.40. The van der Waals surface area contributed by atoms with Crippen LogP contribution < -0.4 is 0 Å². The van der Waals surface area contributed by atoms with Gasteiger partial charge in [-0.25, -0.2) is 0 Å². The highest BCUT2D eigenvalue weighted by molar-refractivity contribution is 5.23. The molecular weight excluding hydrogens is 261 g/mol. The second-order valence-corrected chi connectivity index (χ2v) is 4.93. The van der Waals surface area contributed by atoms with Crippen LogP contribution in [0.15, 0.2) is 54.6 Å². The van der Waals surface area contributed by atoms with E-state index in [-0.39, 0.29) is 0 Å². The van der Waals surface area contributed by atoms with Gasteiger partial charge in [-0.1, -0.05) is 74.0 Å². The number of hydrogen-bond donors (Lipinski definition) is 0. The molecule has 0 spiro atoms. The summed E-state index contributed by atoms with van der Waals surface area (Å²) in [4.78, 5) is 0. The molecule has 0 aliphatic heterocycles. The fourth-order valence-electron chi connectivity index (χ4n) is 1.58. The Labute approximate surface area is 118 Å². The zero-order chi connectivity index (χ0) is 15.2. The SMILES string of the molecule is Cc1ccc(C(C)C)cc1.FC(F)(F)c1ccccc1. The molecule has 0 aromatic heterocycles. The molecule has 0 fully saturated rings. The summed E-state index contributed by atoms with van der Waals surface area (Å²) in [6, 6.07) is 15.1. The first-order valence-electron chi connectivity index (χ1n) is 6.49. The molecule has 0 amide bonds. The van der Waals surface area contributed by atoms with Gasteiger partial charge < -0.3 is 0 Å². The number of rotatable bonds is 1. The van der Waals surface area contributed by atoms with Crippen molar-refractivity contribution in [3.05, 3.63) is 71.3 Å². The molecule has 0 saturated carbocycles. The molecule has 0 saturated heterocycles. The van der Waals surface area contributed by atoms with Crippen molar-refractivity contribution < 1.29 is 13.2 Å². The van der Waals surface area contributed by atoms with E-state index >= 15 is 0 Å². The summed E-state index contributed by atoms with van der Waals surface area (Å²) in [5, 5.41) is 0. The summed E-state index contributed by atoms with van der Waals surface area (Å²) >= 11 is 0. The Morgan fingerprint density at radius 3 is 1.65 bits per heavy atom. The molecule has 0 unspecified atom stereocenters. The predicted molar refractivity (Wildman–Crippen MR) is 76.7 cm³/mol. The molecule has 0 radical (unpaired) electrons. The zero-order valence-electron chi connectivity index (χ0n) is 11.9. The zero-order valence-corrected chi connectivity index (χ0v) is 11.9. The first-order valence-corrected chi connectivity index (χ1v) is 6.49. The van der Waals surface area contributed by atoms with Gasteiger partial charge in [0.05, 0.1) is 5.56 Å². The lowest BCUT2D eigenvalue weighted by Crippen LogP contribution is -2.03. The summed E-state index contributed by atoms with van der Waals surface area (Å²) in [7, 11) is 0. The van der Waals surface area contributed by atoms with Crippen molar-refractivity contribution in [1.82, 2.24) is 0 Å². The third kappa shape index (κ3) is 5.47. The summed E-state index contributed by atoms with van der Waals surface area (Å²) in [6.07, 6.45) is -4.21. The highest BCUT2D eigenvalue weighted by Crippen LogP contribution is 2.28. The largest absolute Gasteiger partial charge is 0.416 e. The van der Waals surface area contributed by atoms with Gasteiger partial charge in [0.25, 0.3) is 0 Å². The van der Waals surface area contributed by atoms with Crippen LogP contribution in [0.3, 0.4) is 0 Å². The number of alkyl halides is 3. The second kappa shape index (κ2) is 7.13. The van der Waals surface area contributed by atoms with Crippen molar-refractivity contribution in [2.75, 3.05) is 0 Å². The predicted octanol–water partition coefficient (Wildman–Crippen LogP) is 5.82. The fourth-order valence-corrected chi connectivity index (χ4v) is 1.58. The van der Waals surface area contributed by atoms with Crippen LogP contribution in [0.25, 0.3) is 0 Å². The van der Waals surface area contributed by atoms with Crippen molar-refractivity contribution in [3.8, 4) is 0 Å². The van der Waals surface area contributed by atoms with Crippen LogP contribution in [0.5, 0.6) is 0 Å². The van der Waals surface area contributed by atoms with Crippen LogP contribution in [0.2, 0.25) is 0 Å². The van der Waals surface area contributed by atoms with Crippen molar-refractivity contribution in [2.45, 2.75) is 32.9 Å². The van der Waals surface area contributed by atoms with Gasteiger partial charge in [-0.15, -0.1) is 0 Å². The maximum absolute atomic E-state index is 11.8. The molecule has 0 aliphatic rings. The topological polar surface area (TPSA) is 0 Å². The van der Waals surface area contributed by atoms with Gasteiger partial charge in [0.1, 0.15) is 0 Å². The lowest BCUT2D eigenvalue weighted by atomic mass is 10.0. The van der Waals surface area contributed by atoms with E-state index < -0.39 is 11.7 Å². The quantitative estimate of drug-likeness (QED) is 0.617.